The molecule has 0 aliphatic rings. The molecule has 0 bridgehead atoms. The van der Waals surface area contributed by atoms with Crippen LogP contribution in [0.25, 0.3) is 0 Å². The molecule has 2 N–H and O–H groups in total. The predicted octanol–water partition coefficient (Wildman–Crippen LogP) is 1.99. The van der Waals surface area contributed by atoms with Crippen molar-refractivity contribution in [2.75, 3.05) is 6.61 Å². The Kier molecular flexibility index (Phi) is 5.45. The van der Waals surface area contributed by atoms with Gasteiger partial charge in [0.05, 0.1) is 10.5 Å². The zero-order valence-corrected chi connectivity index (χ0v) is 12.5. The van der Waals surface area contributed by atoms with Crippen molar-refractivity contribution in [2.24, 2.45) is 0 Å². The molecule has 0 saturated heterocycles. The highest BCUT2D eigenvalue weighted by atomic mass is 16.6. The van der Waals surface area contributed by atoms with Gasteiger partial charge in [0.25, 0.3) is 5.91 Å². The summed E-state index contributed by atoms with van der Waals surface area (Å²) in [4.78, 5) is 32.9. The number of ether oxygens (including phenoxy) is 1. The van der Waals surface area contributed by atoms with E-state index in [1.165, 1.54) is 0 Å². The van der Waals surface area contributed by atoms with Crippen molar-refractivity contribution in [2.45, 2.75) is 6.54 Å². The van der Waals surface area contributed by atoms with Crippen LogP contribution in [0.1, 0.15) is 15.9 Å². The molecule has 0 saturated carbocycles. The predicted molar refractivity (Wildman–Crippen MR) is 83.8 cm³/mol. The molecule has 2 aromatic carbocycles. The van der Waals surface area contributed by atoms with Gasteiger partial charge >= 0.3 is 11.7 Å². The van der Waals surface area contributed by atoms with Crippen molar-refractivity contribution in [3.63, 3.8) is 0 Å². The van der Waals surface area contributed by atoms with Crippen LogP contribution in [0, 0.1) is 10.1 Å². The Morgan fingerprint density at radius 1 is 1.17 bits per heavy atom. The number of aromatic carboxylic acids is 1. The third kappa shape index (κ3) is 4.54. The van der Waals surface area contributed by atoms with E-state index >= 15 is 0 Å². The lowest BCUT2D eigenvalue weighted by molar-refractivity contribution is -0.385. The van der Waals surface area contributed by atoms with Crippen LogP contribution in [0.15, 0.2) is 48.5 Å². The highest BCUT2D eigenvalue weighted by molar-refractivity contribution is 5.88. The monoisotopic (exact) mass is 330 g/mol. The van der Waals surface area contributed by atoms with Gasteiger partial charge in [-0.15, -0.1) is 0 Å². The number of nitro benzene ring substituents is 1. The van der Waals surface area contributed by atoms with E-state index in [1.54, 1.807) is 0 Å². The van der Waals surface area contributed by atoms with E-state index in [4.69, 9.17) is 9.84 Å². The van der Waals surface area contributed by atoms with Crippen molar-refractivity contribution >= 4 is 17.6 Å². The van der Waals surface area contributed by atoms with Gasteiger partial charge in [0.2, 0.25) is 0 Å². The Labute approximate surface area is 136 Å². The molecule has 0 heterocycles. The van der Waals surface area contributed by atoms with Crippen molar-refractivity contribution < 1.29 is 24.4 Å². The van der Waals surface area contributed by atoms with Crippen LogP contribution in [0.4, 0.5) is 5.69 Å². The first-order valence-corrected chi connectivity index (χ1v) is 6.92. The molecule has 8 nitrogen and oxygen atoms in total. The third-order valence-electron chi connectivity index (χ3n) is 3.09. The molecular weight excluding hydrogens is 316 g/mol. The Morgan fingerprint density at radius 2 is 1.88 bits per heavy atom. The summed E-state index contributed by atoms with van der Waals surface area (Å²) in [7, 11) is 0. The summed E-state index contributed by atoms with van der Waals surface area (Å²) in [6.45, 7) is -0.170. The summed E-state index contributed by atoms with van der Waals surface area (Å²) < 4.78 is 5.12. The van der Waals surface area contributed by atoms with Gasteiger partial charge in [-0.25, -0.2) is 4.79 Å². The Balaban J connectivity index is 1.99. The van der Waals surface area contributed by atoms with Crippen molar-refractivity contribution in [3.05, 3.63) is 69.8 Å². The van der Waals surface area contributed by atoms with Crippen molar-refractivity contribution in [3.8, 4) is 5.75 Å². The van der Waals surface area contributed by atoms with Gasteiger partial charge in [-0.2, -0.15) is 0 Å². The van der Waals surface area contributed by atoms with Gasteiger partial charge < -0.3 is 15.2 Å². The number of benzene rings is 2. The minimum atomic E-state index is -1.25. The summed E-state index contributed by atoms with van der Waals surface area (Å²) in [5.74, 6) is -1.99. The molecule has 0 spiro atoms. The van der Waals surface area contributed by atoms with Crippen LogP contribution in [0.5, 0.6) is 5.75 Å². The fourth-order valence-electron chi connectivity index (χ4n) is 1.90. The Hall–Kier alpha value is -3.42. The van der Waals surface area contributed by atoms with E-state index in [0.717, 1.165) is 23.8 Å². The van der Waals surface area contributed by atoms with E-state index in [9.17, 15) is 19.7 Å². The van der Waals surface area contributed by atoms with Gasteiger partial charge in [0.1, 0.15) is 0 Å². The lowest BCUT2D eigenvalue weighted by Gasteiger charge is -2.08. The molecule has 2 rings (SSSR count). The zero-order valence-electron chi connectivity index (χ0n) is 12.5. The fourth-order valence-corrected chi connectivity index (χ4v) is 1.90. The minimum absolute atomic E-state index is 0.166. The molecule has 8 heteroatoms. The summed E-state index contributed by atoms with van der Waals surface area (Å²) in [6.07, 6.45) is 0. The molecule has 124 valence electrons. The molecule has 24 heavy (non-hydrogen) atoms. The fraction of sp³-hybridized carbons (Fsp3) is 0.125. The topological polar surface area (TPSA) is 119 Å². The van der Waals surface area contributed by atoms with E-state index < -0.39 is 29.1 Å². The van der Waals surface area contributed by atoms with Crippen LogP contribution >= 0.6 is 0 Å². The normalized spacial score (nSPS) is 10.0. The molecule has 0 unspecified atom stereocenters. The van der Waals surface area contributed by atoms with Gasteiger partial charge in [0.15, 0.2) is 12.4 Å². The lowest BCUT2D eigenvalue weighted by Crippen LogP contribution is -2.28. The first-order valence-electron chi connectivity index (χ1n) is 6.92. The third-order valence-corrected chi connectivity index (χ3v) is 3.09. The standard InChI is InChI=1S/C16H14N2O6/c19-15(17-9-11-4-2-1-3-5-11)10-24-14-8-12(16(20)21)6-7-13(14)18(22)23/h1-8H,9-10H2,(H,17,19)(H,20,21). The number of nitrogens with zero attached hydrogens (tertiary/aromatic N) is 1. The van der Waals surface area contributed by atoms with Crippen molar-refractivity contribution in [1.82, 2.24) is 5.32 Å². The molecule has 0 aromatic heterocycles. The van der Waals surface area contributed by atoms with E-state index in [2.05, 4.69) is 5.32 Å². The average molecular weight is 330 g/mol. The zero-order chi connectivity index (χ0) is 17.5. The van der Waals surface area contributed by atoms with Crippen LogP contribution in [-0.4, -0.2) is 28.5 Å². The Bertz CT molecular complexity index is 760. The second kappa shape index (κ2) is 7.73. The largest absolute Gasteiger partial charge is 0.478 e. The van der Waals surface area contributed by atoms with E-state index in [1.807, 2.05) is 30.3 Å². The molecule has 0 aliphatic carbocycles. The molecule has 1 amide bonds. The van der Waals surface area contributed by atoms with Gasteiger partial charge in [-0.3, -0.25) is 14.9 Å². The first-order chi connectivity index (χ1) is 11.5. The first kappa shape index (κ1) is 16.9. The lowest BCUT2D eigenvalue weighted by atomic mass is 10.2. The SMILES string of the molecule is O=C(COc1cc(C(=O)O)ccc1[N+](=O)[O-])NCc1ccccc1. The molecular formula is C16H14N2O6. The molecule has 0 atom stereocenters. The second-order valence-corrected chi connectivity index (χ2v) is 4.80. The number of carbonyl (C=O) groups is 2. The van der Waals surface area contributed by atoms with Gasteiger partial charge in [0, 0.05) is 18.7 Å². The summed E-state index contributed by atoms with van der Waals surface area (Å²) in [5.41, 5.74) is 0.320. The maximum atomic E-state index is 11.8. The minimum Gasteiger partial charge on any atom is -0.478 e. The van der Waals surface area contributed by atoms with Crippen LogP contribution in [0.2, 0.25) is 0 Å². The number of amides is 1. The second-order valence-electron chi connectivity index (χ2n) is 4.80. The smallest absolute Gasteiger partial charge is 0.335 e. The number of carbonyl (C=O) groups excluding carboxylic acids is 1. The average Bonchev–Trinajstić information content (AvgIpc) is 2.58. The van der Waals surface area contributed by atoms with E-state index in [0.29, 0.717) is 6.54 Å². The van der Waals surface area contributed by atoms with Crippen LogP contribution in [0.3, 0.4) is 0 Å². The van der Waals surface area contributed by atoms with Crippen molar-refractivity contribution in [1.29, 1.82) is 0 Å². The maximum Gasteiger partial charge on any atom is 0.335 e. The number of hydrogen-bond donors (Lipinski definition) is 2. The Morgan fingerprint density at radius 3 is 2.50 bits per heavy atom. The number of rotatable bonds is 7. The van der Waals surface area contributed by atoms with E-state index in [-0.39, 0.29) is 11.3 Å². The van der Waals surface area contributed by atoms with Crippen LogP contribution < -0.4 is 10.1 Å². The van der Waals surface area contributed by atoms with Gasteiger partial charge in [-0.1, -0.05) is 30.3 Å². The number of nitro groups is 1. The van der Waals surface area contributed by atoms with Gasteiger partial charge in [-0.05, 0) is 11.6 Å². The summed E-state index contributed by atoms with van der Waals surface area (Å²) >= 11 is 0. The quantitative estimate of drug-likeness (QED) is 0.592. The number of hydrogen-bond acceptors (Lipinski definition) is 5. The highest BCUT2D eigenvalue weighted by Crippen LogP contribution is 2.27. The highest BCUT2D eigenvalue weighted by Gasteiger charge is 2.18. The molecule has 0 fully saturated rings. The summed E-state index contributed by atoms with van der Waals surface area (Å²) in [6, 6.07) is 12.3. The number of carboxylic acid groups (broad SMARTS) is 1. The molecule has 2 aromatic rings. The summed E-state index contributed by atoms with van der Waals surface area (Å²) in [5, 5.41) is 22.5. The number of carboxylic acids is 1. The molecule has 0 radical (unpaired) electrons. The van der Waals surface area contributed by atoms with Crippen LogP contribution in [-0.2, 0) is 11.3 Å². The maximum absolute atomic E-state index is 11.8. The molecule has 0 aliphatic heterocycles. The number of nitrogens with one attached hydrogen (secondary N) is 1.